The van der Waals surface area contributed by atoms with Crippen molar-refractivity contribution in [3.8, 4) is 11.3 Å². The number of carbonyl (C=O) groups excluding carboxylic acids is 1. The van der Waals surface area contributed by atoms with Gasteiger partial charge in [0.25, 0.3) is 22.2 Å². The maximum atomic E-state index is 13.6. The number of hydrogen-bond acceptors (Lipinski definition) is 19. The molecule has 13 heterocycles. The summed E-state index contributed by atoms with van der Waals surface area (Å²) in [5.74, 6) is 0.0836. The zero-order valence-electron chi connectivity index (χ0n) is 71.7. The number of aromatic nitrogens is 13. The van der Waals surface area contributed by atoms with Crippen LogP contribution in [-0.4, -0.2) is 161 Å². The molecular formula is C103H95Cl2N15O9. The maximum absolute atomic E-state index is 13.6. The molecule has 8 aromatic carbocycles. The van der Waals surface area contributed by atoms with Crippen molar-refractivity contribution in [2.75, 3.05) is 59.7 Å². The van der Waals surface area contributed by atoms with E-state index in [2.05, 4.69) is 83.7 Å². The molecule has 24 nitrogen and oxygen atoms in total. The van der Waals surface area contributed by atoms with Crippen LogP contribution < -0.4 is 22.2 Å². The Morgan fingerprint density at radius 3 is 1.18 bits per heavy atom. The minimum absolute atomic E-state index is 0.0301. The molecule has 129 heavy (non-hydrogen) atoms. The summed E-state index contributed by atoms with van der Waals surface area (Å²) >= 11 is 11.9. The number of fused-ring (bicyclic) bond motifs is 12. The second-order valence-corrected chi connectivity index (χ2v) is 34.5. The molecule has 0 spiro atoms. The first-order chi connectivity index (χ1) is 62.8. The SMILES string of the molecule is C=Cc1cc(Cc2cc3c(=O)n([C@H]4CCOC[C@@H]4O)cnc3c3ccccc23)ccn1.CC(=O)N1CCC(n2cnc3c(cc(Cc4ccc(Cl)nc4)c4ccccc43)c2=O)CC1.CN1CCC(n2cnc3c(cc(Cc4ccc(Cl)nc4)c4ccccc43)c2=O)CC1.Cc1ccc(-c2cc(Cc3cc4c(=O)n([C@H]5CCOC[C@@H]5O)cnc4c4ccccc34)ccn2)cn1. The number of halogens is 2. The number of aliphatic hydroxyl groups is 2. The van der Waals surface area contributed by atoms with Crippen LogP contribution in [0, 0.1) is 6.92 Å². The van der Waals surface area contributed by atoms with Gasteiger partial charge in [-0.05, 0) is 236 Å². The van der Waals surface area contributed by atoms with Crippen LogP contribution in [0.3, 0.4) is 0 Å². The number of piperidine rings is 2. The Kier molecular flexibility index (Phi) is 25.7. The molecule has 4 atom stereocenters. The van der Waals surface area contributed by atoms with E-state index in [4.69, 9.17) is 42.6 Å². The van der Waals surface area contributed by atoms with Gasteiger partial charge in [-0.2, -0.15) is 0 Å². The highest BCUT2D eigenvalue weighted by molar-refractivity contribution is 6.29. The Morgan fingerprint density at radius 1 is 0.419 bits per heavy atom. The number of aliphatic hydroxyl groups excluding tert-OH is 2. The van der Waals surface area contributed by atoms with Gasteiger partial charge in [-0.1, -0.05) is 139 Å². The van der Waals surface area contributed by atoms with Crippen molar-refractivity contribution >= 4 is 122 Å². The Balaban J connectivity index is 0.000000116. The quantitative estimate of drug-likeness (QED) is 0.0755. The number of amides is 1. The van der Waals surface area contributed by atoms with Gasteiger partial charge in [-0.3, -0.25) is 57.2 Å². The average molecular weight is 1760 g/mol. The summed E-state index contributed by atoms with van der Waals surface area (Å²) in [6.45, 7) is 12.2. The molecule has 1 amide bonds. The van der Waals surface area contributed by atoms with Gasteiger partial charge in [0, 0.05) is 109 Å². The summed E-state index contributed by atoms with van der Waals surface area (Å²) in [6.07, 6.45) is 23.0. The summed E-state index contributed by atoms with van der Waals surface area (Å²) < 4.78 is 17.4. The monoisotopic (exact) mass is 1760 g/mol. The number of likely N-dealkylation sites (tertiary alicyclic amines) is 2. The van der Waals surface area contributed by atoms with Gasteiger partial charge in [-0.15, -0.1) is 0 Å². The van der Waals surface area contributed by atoms with Crippen LogP contribution in [0.2, 0.25) is 10.3 Å². The molecular weight excluding hydrogens is 1660 g/mol. The van der Waals surface area contributed by atoms with Crippen molar-refractivity contribution in [2.45, 2.75) is 114 Å². The predicted molar refractivity (Wildman–Crippen MR) is 508 cm³/mol. The van der Waals surface area contributed by atoms with Crippen LogP contribution in [0.15, 0.2) is 264 Å². The van der Waals surface area contributed by atoms with Crippen molar-refractivity contribution in [3.05, 3.63) is 352 Å². The van der Waals surface area contributed by atoms with Crippen LogP contribution in [0.5, 0.6) is 0 Å². The van der Waals surface area contributed by atoms with Crippen molar-refractivity contribution in [3.63, 3.8) is 0 Å². The first-order valence-corrected chi connectivity index (χ1v) is 44.4. The highest BCUT2D eigenvalue weighted by Gasteiger charge is 2.31. The van der Waals surface area contributed by atoms with Crippen LogP contribution >= 0.6 is 23.2 Å². The van der Waals surface area contributed by atoms with E-state index >= 15 is 0 Å². The van der Waals surface area contributed by atoms with E-state index in [-0.39, 0.29) is 65.5 Å². The van der Waals surface area contributed by atoms with Crippen LogP contribution in [0.1, 0.15) is 126 Å². The minimum atomic E-state index is -0.734. The smallest absolute Gasteiger partial charge is 0.261 e. The molecule has 2 N–H and O–H groups in total. The number of nitrogens with zero attached hydrogens (tertiary/aromatic N) is 15. The van der Waals surface area contributed by atoms with Gasteiger partial charge in [-0.25, -0.2) is 29.9 Å². The summed E-state index contributed by atoms with van der Waals surface area (Å²) in [7, 11) is 2.13. The number of pyridine rings is 5. The number of benzene rings is 8. The zero-order chi connectivity index (χ0) is 88.9. The van der Waals surface area contributed by atoms with Crippen LogP contribution in [-0.2, 0) is 40.0 Å². The average Bonchev–Trinajstić information content (AvgIpc) is 0.767. The van der Waals surface area contributed by atoms with E-state index in [0.717, 1.165) is 160 Å². The molecule has 26 heteroatoms. The molecule has 0 unspecified atom stereocenters. The van der Waals surface area contributed by atoms with E-state index < -0.39 is 12.2 Å². The molecule has 4 aliphatic heterocycles. The topological polar surface area (TPSA) is 286 Å². The van der Waals surface area contributed by atoms with Crippen molar-refractivity contribution in [1.29, 1.82) is 0 Å². The third kappa shape index (κ3) is 18.5. The van der Waals surface area contributed by atoms with Crippen LogP contribution in [0.25, 0.3) is 104 Å². The normalized spacial score (nSPS) is 17.0. The molecule has 0 aliphatic carbocycles. The fourth-order valence-electron chi connectivity index (χ4n) is 18.6. The summed E-state index contributed by atoms with van der Waals surface area (Å²) in [6, 6.07) is 59.4. The van der Waals surface area contributed by atoms with Gasteiger partial charge < -0.3 is 29.5 Å². The maximum Gasteiger partial charge on any atom is 0.261 e. The lowest BCUT2D eigenvalue weighted by atomic mass is 9.95. The van der Waals surface area contributed by atoms with Gasteiger partial charge in [0.2, 0.25) is 5.91 Å². The number of rotatable bonds is 14. The molecule has 0 bridgehead atoms. The number of ether oxygens (including phenoxy) is 2. The Labute approximate surface area is 752 Å². The molecule has 4 saturated heterocycles. The van der Waals surface area contributed by atoms with E-state index in [1.54, 1.807) is 82.7 Å². The molecule has 4 fully saturated rings. The van der Waals surface area contributed by atoms with Crippen molar-refractivity contribution in [2.24, 2.45) is 0 Å². The first-order valence-electron chi connectivity index (χ1n) is 43.6. The second kappa shape index (κ2) is 38.3. The van der Waals surface area contributed by atoms with Gasteiger partial charge >= 0.3 is 0 Å². The lowest BCUT2D eigenvalue weighted by molar-refractivity contribution is -0.130. The fourth-order valence-corrected chi connectivity index (χ4v) is 18.8. The molecule has 17 aromatic rings. The van der Waals surface area contributed by atoms with E-state index in [1.165, 1.54) is 0 Å². The molecule has 0 radical (unpaired) electrons. The lowest BCUT2D eigenvalue weighted by Crippen LogP contribution is -2.39. The standard InChI is InChI=1S/C29H26N4O3.C25H23ClN4O2.C25H23N3O3.C24H23ClN4O/c1-18-6-7-20(15-31-18)25-13-19(8-10-30-25)12-21-14-24-28(23-5-3-2-4-22(21)23)32-17-33(29(24)35)26-9-11-36-16-27(26)34;1-16(31)29-10-8-19(9-11-29)30-15-28-24-21-5-3-2-4-20(21)18(13-22(24)25(30)32)12-17-6-7-23(26)27-14-17;1-2-18-12-16(7-9-26-18)11-17-13-21-24(20-6-4-3-5-19(17)20)27-15-28(25(21)30)22-8-10-31-14-23(22)29;1-28-10-8-18(9-11-28)29-15-27-23-20-5-3-2-4-19(20)17(13-21(23)24(29)30)12-16-6-7-22(25)26-14-16/h2-8,10,13-15,17,26-27,34H,9,11-12,16H2,1H3;2-7,13-15,19H,8-12H2,1H3;2-7,9,12-13,15,22-23,29H,1,8,10-11,14H2;2-7,13-15,18H,8-12H2,1H3/t26-,27-;;22-,23-;/m0.0./s1. The summed E-state index contributed by atoms with van der Waals surface area (Å²) in [4.78, 5) is 110. The molecule has 21 rings (SSSR count). The predicted octanol–water partition coefficient (Wildman–Crippen LogP) is 16.6. The van der Waals surface area contributed by atoms with Crippen molar-refractivity contribution < 1.29 is 24.5 Å². The minimum Gasteiger partial charge on any atom is -0.389 e. The zero-order valence-corrected chi connectivity index (χ0v) is 73.2. The summed E-state index contributed by atoms with van der Waals surface area (Å²) in [5.41, 5.74) is 14.7. The Bertz CT molecular complexity index is 7360. The summed E-state index contributed by atoms with van der Waals surface area (Å²) in [5, 5.41) is 32.4. The lowest BCUT2D eigenvalue weighted by Gasteiger charge is -2.32. The van der Waals surface area contributed by atoms with Crippen LogP contribution in [0.4, 0.5) is 0 Å². The highest BCUT2D eigenvalue weighted by Crippen LogP contribution is 2.36. The second-order valence-electron chi connectivity index (χ2n) is 33.7. The molecule has 4 aliphatic rings. The third-order valence-corrected chi connectivity index (χ3v) is 25.9. The highest BCUT2D eigenvalue weighted by atomic mass is 35.5. The van der Waals surface area contributed by atoms with E-state index in [9.17, 15) is 34.2 Å². The van der Waals surface area contributed by atoms with Gasteiger partial charge in [0.1, 0.15) is 10.3 Å². The van der Waals surface area contributed by atoms with E-state index in [1.807, 2.05) is 168 Å². The van der Waals surface area contributed by atoms with E-state index in [0.29, 0.717) is 108 Å². The van der Waals surface area contributed by atoms with Gasteiger partial charge in [0.15, 0.2) is 0 Å². The van der Waals surface area contributed by atoms with Crippen molar-refractivity contribution in [1.82, 2.24) is 72.9 Å². The number of carbonyl (C=O) groups is 1. The molecule has 650 valence electrons. The third-order valence-electron chi connectivity index (χ3n) is 25.4. The number of aryl methyl sites for hydroxylation is 1. The number of hydrogen-bond donors (Lipinski definition) is 2. The fraction of sp³-hybridized carbons (Fsp3) is 0.262. The Morgan fingerprint density at radius 2 is 0.798 bits per heavy atom. The Hall–Kier alpha value is -13.3. The first kappa shape index (κ1) is 86.4. The molecule has 0 saturated carbocycles. The molecule has 9 aromatic heterocycles. The van der Waals surface area contributed by atoms with Gasteiger partial charge in [0.05, 0.1) is 118 Å². The largest absolute Gasteiger partial charge is 0.389 e.